The molecule has 2 N–H and O–H groups in total. The lowest BCUT2D eigenvalue weighted by Gasteiger charge is -2.36. The zero-order chi connectivity index (χ0) is 23.4. The highest BCUT2D eigenvalue weighted by molar-refractivity contribution is 7.90. The number of nitrogens with zero attached hydrogens (tertiary/aromatic N) is 1. The van der Waals surface area contributed by atoms with Crippen molar-refractivity contribution in [3.05, 3.63) is 59.3 Å². The summed E-state index contributed by atoms with van der Waals surface area (Å²) in [6.07, 6.45) is 2.01. The third-order valence-electron chi connectivity index (χ3n) is 5.97. The van der Waals surface area contributed by atoms with Gasteiger partial charge in [-0.3, -0.25) is 14.5 Å². The minimum Gasteiger partial charge on any atom is -0.506 e. The molecule has 32 heavy (non-hydrogen) atoms. The van der Waals surface area contributed by atoms with Crippen LogP contribution in [0, 0.1) is 5.41 Å². The van der Waals surface area contributed by atoms with Gasteiger partial charge < -0.3 is 10.4 Å². The first-order valence-electron chi connectivity index (χ1n) is 10.3. The number of phenolic OH excluding ortho intramolecular Hbond substituents is 1. The zero-order valence-electron chi connectivity index (χ0n) is 18.5. The average Bonchev–Trinajstić information content (AvgIpc) is 2.82. The van der Waals surface area contributed by atoms with Crippen LogP contribution in [0.4, 0.5) is 11.4 Å². The molecule has 1 unspecified atom stereocenters. The molecule has 0 fully saturated rings. The summed E-state index contributed by atoms with van der Waals surface area (Å²) in [6, 6.07) is 10.4. The van der Waals surface area contributed by atoms with Crippen molar-refractivity contribution in [3.63, 3.8) is 0 Å². The number of hydrogen-bond donors (Lipinski definition) is 2. The Hall–Kier alpha value is -3.13. The molecule has 2 aromatic rings. The largest absolute Gasteiger partial charge is 0.506 e. The summed E-state index contributed by atoms with van der Waals surface area (Å²) >= 11 is 0. The number of Topliss-reactive ketones (excluding diaryl/α,β-unsaturated/α-hetero) is 1. The van der Waals surface area contributed by atoms with Gasteiger partial charge in [-0.2, -0.15) is 0 Å². The van der Waals surface area contributed by atoms with E-state index < -0.39 is 15.9 Å². The summed E-state index contributed by atoms with van der Waals surface area (Å²) in [6.45, 7) is 5.42. The molecule has 7 nitrogen and oxygen atoms in total. The van der Waals surface area contributed by atoms with Crippen LogP contribution in [-0.4, -0.2) is 31.5 Å². The van der Waals surface area contributed by atoms with Gasteiger partial charge in [0.15, 0.2) is 15.6 Å². The number of allylic oxidation sites excluding steroid dienone is 1. The Morgan fingerprint density at radius 3 is 2.38 bits per heavy atom. The Morgan fingerprint density at radius 1 is 1.12 bits per heavy atom. The van der Waals surface area contributed by atoms with Crippen LogP contribution in [0.25, 0.3) is 0 Å². The standard InChI is InChI=1S/C24H26N2O5S/c1-14(27)26-18-6-5-7-19(28)22(18)25-17-12-24(2,3)13-20(29)21(17)23(26)15-8-10-16(11-9-15)32(4,30)31/h5-11,23,25,28H,12-13H2,1-4H3. The lowest BCUT2D eigenvalue weighted by molar-refractivity contribution is -0.118. The van der Waals surface area contributed by atoms with Crippen molar-refractivity contribution in [1.29, 1.82) is 0 Å². The summed E-state index contributed by atoms with van der Waals surface area (Å²) in [5.74, 6) is -0.411. The van der Waals surface area contributed by atoms with Crippen molar-refractivity contribution in [1.82, 2.24) is 0 Å². The van der Waals surface area contributed by atoms with Crippen LogP contribution in [0.3, 0.4) is 0 Å². The van der Waals surface area contributed by atoms with Crippen molar-refractivity contribution in [2.45, 2.75) is 44.6 Å². The van der Waals surface area contributed by atoms with Crippen LogP contribution in [0.1, 0.15) is 45.2 Å². The van der Waals surface area contributed by atoms with Crippen molar-refractivity contribution in [3.8, 4) is 5.75 Å². The maximum absolute atomic E-state index is 13.4. The zero-order valence-corrected chi connectivity index (χ0v) is 19.3. The van der Waals surface area contributed by atoms with E-state index in [1.807, 2.05) is 13.8 Å². The second-order valence-corrected chi connectivity index (χ2v) is 11.3. The highest BCUT2D eigenvalue weighted by Crippen LogP contribution is 2.50. The summed E-state index contributed by atoms with van der Waals surface area (Å²) in [7, 11) is -3.40. The number of carbonyl (C=O) groups excluding carboxylic acids is 2. The Labute approximate surface area is 187 Å². The number of nitrogens with one attached hydrogen (secondary N) is 1. The van der Waals surface area contributed by atoms with E-state index in [0.29, 0.717) is 41.1 Å². The molecule has 168 valence electrons. The molecule has 0 spiro atoms. The number of anilines is 2. The van der Waals surface area contributed by atoms with Gasteiger partial charge in [-0.1, -0.05) is 32.0 Å². The minimum absolute atomic E-state index is 0.0236. The second kappa shape index (κ2) is 7.48. The fourth-order valence-electron chi connectivity index (χ4n) is 4.60. The lowest BCUT2D eigenvalue weighted by Crippen LogP contribution is -2.38. The maximum Gasteiger partial charge on any atom is 0.224 e. The lowest BCUT2D eigenvalue weighted by atomic mass is 9.73. The van der Waals surface area contributed by atoms with Crippen molar-refractivity contribution in [2.75, 3.05) is 16.5 Å². The molecule has 2 aromatic carbocycles. The summed E-state index contributed by atoms with van der Waals surface area (Å²) < 4.78 is 23.9. The molecule has 0 saturated heterocycles. The fraction of sp³-hybridized carbons (Fsp3) is 0.333. The smallest absolute Gasteiger partial charge is 0.224 e. The normalized spacial score (nSPS) is 20.2. The van der Waals surface area contributed by atoms with Gasteiger partial charge >= 0.3 is 0 Å². The topological polar surface area (TPSA) is 104 Å². The Morgan fingerprint density at radius 2 is 1.78 bits per heavy atom. The SMILES string of the molecule is CC(=O)N1c2cccc(O)c2NC2=C(C(=O)CC(C)(C)C2)C1c1ccc(S(C)(=O)=O)cc1. The van der Waals surface area contributed by atoms with Crippen LogP contribution in [-0.2, 0) is 19.4 Å². The molecule has 0 aromatic heterocycles. The first-order valence-corrected chi connectivity index (χ1v) is 12.2. The molecule has 0 saturated carbocycles. The number of ketones is 1. The van der Waals surface area contributed by atoms with Crippen LogP contribution < -0.4 is 10.2 Å². The number of aromatic hydroxyl groups is 1. The molecule has 4 rings (SSSR count). The van der Waals surface area contributed by atoms with Gasteiger partial charge in [-0.15, -0.1) is 0 Å². The van der Waals surface area contributed by atoms with E-state index in [2.05, 4.69) is 5.32 Å². The Bertz CT molecular complexity index is 1260. The predicted molar refractivity (Wildman–Crippen MR) is 122 cm³/mol. The molecule has 1 heterocycles. The molecule has 1 atom stereocenters. The number of amides is 1. The number of sulfone groups is 1. The highest BCUT2D eigenvalue weighted by Gasteiger charge is 2.43. The first kappa shape index (κ1) is 22.1. The number of carbonyl (C=O) groups is 2. The minimum atomic E-state index is -3.40. The number of phenols is 1. The van der Waals surface area contributed by atoms with Gasteiger partial charge in [0.25, 0.3) is 0 Å². The van der Waals surface area contributed by atoms with Crippen LogP contribution >= 0.6 is 0 Å². The van der Waals surface area contributed by atoms with Gasteiger partial charge in [0.2, 0.25) is 5.91 Å². The van der Waals surface area contributed by atoms with Crippen LogP contribution in [0.5, 0.6) is 5.75 Å². The molecule has 1 amide bonds. The van der Waals surface area contributed by atoms with Gasteiger partial charge in [0.1, 0.15) is 11.4 Å². The number of hydrogen-bond acceptors (Lipinski definition) is 6. The van der Waals surface area contributed by atoms with Crippen molar-refractivity contribution >= 4 is 32.9 Å². The molecule has 2 aliphatic rings. The van der Waals surface area contributed by atoms with E-state index in [4.69, 9.17) is 0 Å². The first-order chi connectivity index (χ1) is 14.9. The number of para-hydroxylation sites is 1. The van der Waals surface area contributed by atoms with E-state index in [0.717, 1.165) is 6.26 Å². The van der Waals surface area contributed by atoms with Gasteiger partial charge in [-0.25, -0.2) is 8.42 Å². The predicted octanol–water partition coefficient (Wildman–Crippen LogP) is 3.96. The fourth-order valence-corrected chi connectivity index (χ4v) is 5.23. The molecule has 0 radical (unpaired) electrons. The molecule has 1 aliphatic carbocycles. The van der Waals surface area contributed by atoms with E-state index >= 15 is 0 Å². The van der Waals surface area contributed by atoms with Crippen molar-refractivity contribution < 1.29 is 23.1 Å². The van der Waals surface area contributed by atoms with Gasteiger partial charge in [0, 0.05) is 30.9 Å². The average molecular weight is 455 g/mol. The second-order valence-electron chi connectivity index (χ2n) is 9.26. The summed E-state index contributed by atoms with van der Waals surface area (Å²) in [5.41, 5.74) is 2.28. The van der Waals surface area contributed by atoms with Crippen LogP contribution in [0.2, 0.25) is 0 Å². The van der Waals surface area contributed by atoms with E-state index in [1.165, 1.54) is 30.0 Å². The molecule has 1 aliphatic heterocycles. The number of rotatable bonds is 2. The van der Waals surface area contributed by atoms with Gasteiger partial charge in [0.05, 0.1) is 16.6 Å². The van der Waals surface area contributed by atoms with Crippen molar-refractivity contribution in [2.24, 2.45) is 5.41 Å². The third kappa shape index (κ3) is 3.79. The van der Waals surface area contributed by atoms with Crippen LogP contribution in [0.15, 0.2) is 58.6 Å². The molecule has 8 heteroatoms. The molecule has 0 bridgehead atoms. The Kier molecular flexibility index (Phi) is 5.16. The number of fused-ring (bicyclic) bond motifs is 1. The summed E-state index contributed by atoms with van der Waals surface area (Å²) in [5, 5.41) is 13.8. The van der Waals surface area contributed by atoms with Gasteiger partial charge in [-0.05, 0) is 41.7 Å². The molecular weight excluding hydrogens is 428 g/mol. The number of benzene rings is 2. The third-order valence-corrected chi connectivity index (χ3v) is 7.10. The van der Waals surface area contributed by atoms with E-state index in [1.54, 1.807) is 24.3 Å². The van der Waals surface area contributed by atoms with E-state index in [-0.39, 0.29) is 27.8 Å². The monoisotopic (exact) mass is 454 g/mol. The Balaban J connectivity index is 2.01. The van der Waals surface area contributed by atoms with E-state index in [9.17, 15) is 23.1 Å². The highest BCUT2D eigenvalue weighted by atomic mass is 32.2. The maximum atomic E-state index is 13.4. The summed E-state index contributed by atoms with van der Waals surface area (Å²) in [4.78, 5) is 28.0. The quantitative estimate of drug-likeness (QED) is 0.666. The molecular formula is C24H26N2O5S.